The molecule has 0 aliphatic heterocycles. The lowest BCUT2D eigenvalue weighted by molar-refractivity contribution is 0.358. The lowest BCUT2D eigenvalue weighted by atomic mass is 9.87. The van der Waals surface area contributed by atoms with E-state index < -0.39 is 0 Å². The molecule has 1 aromatic rings. The Labute approximate surface area is 98.8 Å². The maximum absolute atomic E-state index is 4.21. The van der Waals surface area contributed by atoms with Gasteiger partial charge < -0.3 is 5.32 Å². The third-order valence-electron chi connectivity index (χ3n) is 2.92. The number of nitrogens with one attached hydrogen (secondary N) is 1. The van der Waals surface area contributed by atoms with Crippen molar-refractivity contribution in [3.63, 3.8) is 0 Å². The molecule has 15 heavy (non-hydrogen) atoms. The first-order valence-electron chi connectivity index (χ1n) is 5.48. The van der Waals surface area contributed by atoms with Crippen LogP contribution in [0.25, 0.3) is 0 Å². The Bertz CT molecular complexity index is 329. The topological polar surface area (TPSA) is 37.8 Å². The van der Waals surface area contributed by atoms with Gasteiger partial charge in [-0.05, 0) is 34.7 Å². The third-order valence-corrected chi connectivity index (χ3v) is 3.36. The molecule has 1 saturated carbocycles. The molecule has 0 amide bonds. The van der Waals surface area contributed by atoms with Gasteiger partial charge in [0.05, 0.1) is 0 Å². The van der Waals surface area contributed by atoms with Crippen LogP contribution in [0, 0.1) is 5.92 Å². The minimum Gasteiger partial charge on any atom is -0.367 e. The first-order valence-corrected chi connectivity index (χ1v) is 6.27. The summed E-state index contributed by atoms with van der Waals surface area (Å²) in [5, 5.41) is 3.47. The van der Waals surface area contributed by atoms with Crippen molar-refractivity contribution in [3.05, 3.63) is 17.0 Å². The molecule has 0 aromatic carbocycles. The first kappa shape index (κ1) is 10.9. The number of halogens is 1. The fraction of sp³-hybridized carbons (Fsp3) is 0.636. The Morgan fingerprint density at radius 3 is 3.00 bits per heavy atom. The van der Waals surface area contributed by atoms with Gasteiger partial charge in [0.1, 0.15) is 16.7 Å². The van der Waals surface area contributed by atoms with Crippen molar-refractivity contribution in [2.75, 3.05) is 5.32 Å². The van der Waals surface area contributed by atoms with Gasteiger partial charge in [-0.1, -0.05) is 19.8 Å². The van der Waals surface area contributed by atoms with Crippen LogP contribution < -0.4 is 5.32 Å². The SMILES string of the molecule is CC1CCCC(Nc2cc(Br)ncn2)C1. The normalized spacial score (nSPS) is 26.3. The van der Waals surface area contributed by atoms with Crippen LogP contribution in [-0.4, -0.2) is 16.0 Å². The van der Waals surface area contributed by atoms with E-state index in [0.717, 1.165) is 16.3 Å². The smallest absolute Gasteiger partial charge is 0.130 e. The summed E-state index contributed by atoms with van der Waals surface area (Å²) in [5.41, 5.74) is 0. The van der Waals surface area contributed by atoms with Gasteiger partial charge in [0.2, 0.25) is 0 Å². The fourth-order valence-corrected chi connectivity index (χ4v) is 2.50. The quantitative estimate of drug-likeness (QED) is 0.838. The molecular formula is C11H16BrN3. The van der Waals surface area contributed by atoms with Crippen molar-refractivity contribution in [3.8, 4) is 0 Å². The molecule has 1 fully saturated rings. The number of aromatic nitrogens is 2. The van der Waals surface area contributed by atoms with Crippen LogP contribution in [0.15, 0.2) is 17.0 Å². The maximum atomic E-state index is 4.21. The summed E-state index contributed by atoms with van der Waals surface area (Å²) in [5.74, 6) is 1.76. The van der Waals surface area contributed by atoms with E-state index in [9.17, 15) is 0 Å². The summed E-state index contributed by atoms with van der Waals surface area (Å²) in [4.78, 5) is 8.22. The molecule has 1 aliphatic rings. The molecule has 0 spiro atoms. The summed E-state index contributed by atoms with van der Waals surface area (Å²) in [6.07, 6.45) is 6.78. The molecule has 1 heterocycles. The van der Waals surface area contributed by atoms with Crippen molar-refractivity contribution in [2.45, 2.75) is 38.6 Å². The predicted molar refractivity (Wildman–Crippen MR) is 64.8 cm³/mol. The standard InChI is InChI=1S/C11H16BrN3/c1-8-3-2-4-9(5-8)15-11-6-10(12)13-7-14-11/h6-9H,2-5H2,1H3,(H,13,14,15). The molecule has 0 saturated heterocycles. The number of nitrogens with zero attached hydrogens (tertiary/aromatic N) is 2. The minimum atomic E-state index is 0.579. The molecule has 2 atom stereocenters. The Balaban J connectivity index is 1.96. The maximum Gasteiger partial charge on any atom is 0.130 e. The van der Waals surface area contributed by atoms with Crippen molar-refractivity contribution in [1.29, 1.82) is 0 Å². The van der Waals surface area contributed by atoms with Gasteiger partial charge in [-0.3, -0.25) is 0 Å². The summed E-state index contributed by atoms with van der Waals surface area (Å²) < 4.78 is 0.837. The van der Waals surface area contributed by atoms with E-state index in [1.54, 1.807) is 6.33 Å². The summed E-state index contributed by atoms with van der Waals surface area (Å²) in [7, 11) is 0. The van der Waals surface area contributed by atoms with E-state index in [4.69, 9.17) is 0 Å². The first-order chi connectivity index (χ1) is 7.24. The third kappa shape index (κ3) is 3.16. The highest BCUT2D eigenvalue weighted by molar-refractivity contribution is 9.10. The Kier molecular flexibility index (Phi) is 3.57. The van der Waals surface area contributed by atoms with Crippen LogP contribution in [0.4, 0.5) is 5.82 Å². The van der Waals surface area contributed by atoms with Gasteiger partial charge in [0.25, 0.3) is 0 Å². The van der Waals surface area contributed by atoms with Gasteiger partial charge >= 0.3 is 0 Å². The second kappa shape index (κ2) is 4.92. The highest BCUT2D eigenvalue weighted by Gasteiger charge is 2.18. The Morgan fingerprint density at radius 1 is 1.40 bits per heavy atom. The second-order valence-electron chi connectivity index (χ2n) is 4.34. The summed E-state index contributed by atoms with van der Waals surface area (Å²) in [6, 6.07) is 2.51. The van der Waals surface area contributed by atoms with Crippen molar-refractivity contribution >= 4 is 21.7 Å². The van der Waals surface area contributed by atoms with Crippen LogP contribution >= 0.6 is 15.9 Å². The number of hydrogen-bond donors (Lipinski definition) is 1. The van der Waals surface area contributed by atoms with E-state index in [-0.39, 0.29) is 0 Å². The average molecular weight is 270 g/mol. The molecule has 0 radical (unpaired) electrons. The van der Waals surface area contributed by atoms with E-state index >= 15 is 0 Å². The molecule has 1 aromatic heterocycles. The van der Waals surface area contributed by atoms with Crippen LogP contribution in [-0.2, 0) is 0 Å². The molecule has 1 N–H and O–H groups in total. The average Bonchev–Trinajstić information content (AvgIpc) is 2.17. The predicted octanol–water partition coefficient (Wildman–Crippen LogP) is 3.23. The van der Waals surface area contributed by atoms with E-state index in [2.05, 4.69) is 38.1 Å². The van der Waals surface area contributed by atoms with E-state index in [1.165, 1.54) is 25.7 Å². The van der Waals surface area contributed by atoms with Gasteiger partial charge in [0, 0.05) is 12.1 Å². The zero-order valence-corrected chi connectivity index (χ0v) is 10.5. The zero-order chi connectivity index (χ0) is 10.7. The second-order valence-corrected chi connectivity index (χ2v) is 5.15. The van der Waals surface area contributed by atoms with Crippen molar-refractivity contribution in [1.82, 2.24) is 9.97 Å². The molecule has 82 valence electrons. The highest BCUT2D eigenvalue weighted by Crippen LogP contribution is 2.25. The molecule has 4 heteroatoms. The minimum absolute atomic E-state index is 0.579. The monoisotopic (exact) mass is 269 g/mol. The fourth-order valence-electron chi connectivity index (χ4n) is 2.19. The number of hydrogen-bond acceptors (Lipinski definition) is 3. The molecule has 3 nitrogen and oxygen atoms in total. The largest absolute Gasteiger partial charge is 0.367 e. The summed E-state index contributed by atoms with van der Waals surface area (Å²) in [6.45, 7) is 2.32. The lowest BCUT2D eigenvalue weighted by Crippen LogP contribution is -2.26. The molecular weight excluding hydrogens is 254 g/mol. The lowest BCUT2D eigenvalue weighted by Gasteiger charge is -2.27. The molecule has 2 unspecified atom stereocenters. The number of rotatable bonds is 2. The Hall–Kier alpha value is -0.640. The van der Waals surface area contributed by atoms with Crippen molar-refractivity contribution < 1.29 is 0 Å². The highest BCUT2D eigenvalue weighted by atomic mass is 79.9. The number of anilines is 1. The van der Waals surface area contributed by atoms with Crippen LogP contribution in [0.1, 0.15) is 32.6 Å². The molecule has 1 aliphatic carbocycles. The van der Waals surface area contributed by atoms with Crippen LogP contribution in [0.5, 0.6) is 0 Å². The van der Waals surface area contributed by atoms with Crippen molar-refractivity contribution in [2.24, 2.45) is 5.92 Å². The van der Waals surface area contributed by atoms with Gasteiger partial charge in [-0.25, -0.2) is 9.97 Å². The molecule has 0 bridgehead atoms. The molecule has 2 rings (SSSR count). The summed E-state index contributed by atoms with van der Waals surface area (Å²) >= 11 is 3.35. The van der Waals surface area contributed by atoms with Gasteiger partial charge in [0.15, 0.2) is 0 Å². The van der Waals surface area contributed by atoms with E-state index in [0.29, 0.717) is 6.04 Å². The van der Waals surface area contributed by atoms with E-state index in [1.807, 2.05) is 6.07 Å². The van der Waals surface area contributed by atoms with Gasteiger partial charge in [-0.2, -0.15) is 0 Å². The van der Waals surface area contributed by atoms with Crippen LogP contribution in [0.3, 0.4) is 0 Å². The van der Waals surface area contributed by atoms with Crippen LogP contribution in [0.2, 0.25) is 0 Å². The zero-order valence-electron chi connectivity index (χ0n) is 8.91. The Morgan fingerprint density at radius 2 is 2.27 bits per heavy atom. The van der Waals surface area contributed by atoms with Gasteiger partial charge in [-0.15, -0.1) is 0 Å².